The maximum absolute atomic E-state index is 12.5. The molecule has 0 radical (unpaired) electrons. The second-order valence-corrected chi connectivity index (χ2v) is 8.05. The van der Waals surface area contributed by atoms with Crippen LogP contribution in [0.4, 0.5) is 5.69 Å². The van der Waals surface area contributed by atoms with Gasteiger partial charge in [-0.3, -0.25) is 4.79 Å². The summed E-state index contributed by atoms with van der Waals surface area (Å²) < 4.78 is 28.2. The fraction of sp³-hybridized carbons (Fsp3) is 0.500. The SMILES string of the molecule is CC(=O)Nc1ccc(S(=O)(=O)NC2CCCC2CN)cc1Br.Cl. The molecule has 0 bridgehead atoms. The van der Waals surface area contributed by atoms with Gasteiger partial charge >= 0.3 is 0 Å². The Morgan fingerprint density at radius 3 is 2.65 bits per heavy atom. The third-order valence-electron chi connectivity index (χ3n) is 3.83. The Hall–Kier alpha value is -0.670. The number of carbonyl (C=O) groups is 1. The first-order valence-electron chi connectivity index (χ1n) is 7.13. The smallest absolute Gasteiger partial charge is 0.240 e. The van der Waals surface area contributed by atoms with Gasteiger partial charge in [0.15, 0.2) is 0 Å². The quantitative estimate of drug-likeness (QED) is 0.672. The van der Waals surface area contributed by atoms with Gasteiger partial charge in [-0.25, -0.2) is 13.1 Å². The second kappa shape index (κ2) is 8.43. The predicted octanol–water partition coefficient (Wildman–Crippen LogP) is 2.23. The lowest BCUT2D eigenvalue weighted by atomic mass is 10.1. The molecule has 4 N–H and O–H groups in total. The summed E-state index contributed by atoms with van der Waals surface area (Å²) in [6.07, 6.45) is 2.75. The lowest BCUT2D eigenvalue weighted by molar-refractivity contribution is -0.114. The molecule has 1 amide bonds. The fourth-order valence-electron chi connectivity index (χ4n) is 2.70. The lowest BCUT2D eigenvalue weighted by Crippen LogP contribution is -2.39. The molecule has 1 aromatic carbocycles. The van der Waals surface area contributed by atoms with E-state index in [1.54, 1.807) is 6.07 Å². The molecule has 1 saturated carbocycles. The number of sulfonamides is 1. The molecular formula is C14H21BrClN3O3S. The van der Waals surface area contributed by atoms with Gasteiger partial charge in [0.1, 0.15) is 0 Å². The average Bonchev–Trinajstić information content (AvgIpc) is 2.87. The van der Waals surface area contributed by atoms with E-state index in [9.17, 15) is 13.2 Å². The van der Waals surface area contributed by atoms with Gasteiger partial charge < -0.3 is 11.1 Å². The van der Waals surface area contributed by atoms with Gasteiger partial charge in [0, 0.05) is 17.4 Å². The molecule has 0 aliphatic heterocycles. The Kier molecular flexibility index (Phi) is 7.47. The van der Waals surface area contributed by atoms with Crippen molar-refractivity contribution >= 4 is 50.0 Å². The van der Waals surface area contributed by atoms with Gasteiger partial charge in [-0.1, -0.05) is 6.42 Å². The van der Waals surface area contributed by atoms with Crippen LogP contribution >= 0.6 is 28.3 Å². The number of halogens is 2. The van der Waals surface area contributed by atoms with Crippen LogP contribution in [0.1, 0.15) is 26.2 Å². The normalized spacial score (nSPS) is 20.8. The van der Waals surface area contributed by atoms with Gasteiger partial charge in [0.25, 0.3) is 0 Å². The van der Waals surface area contributed by atoms with Gasteiger partial charge in [0.2, 0.25) is 15.9 Å². The van der Waals surface area contributed by atoms with Gasteiger partial charge in [-0.15, -0.1) is 12.4 Å². The zero-order valence-corrected chi connectivity index (χ0v) is 15.9. The van der Waals surface area contributed by atoms with E-state index in [1.807, 2.05) is 0 Å². The van der Waals surface area contributed by atoms with Crippen molar-refractivity contribution in [2.45, 2.75) is 37.1 Å². The molecular weight excluding hydrogens is 406 g/mol. The fourth-order valence-corrected chi connectivity index (χ4v) is 4.69. The van der Waals surface area contributed by atoms with Crippen LogP contribution in [0.5, 0.6) is 0 Å². The summed E-state index contributed by atoms with van der Waals surface area (Å²) in [4.78, 5) is 11.2. The zero-order chi connectivity index (χ0) is 16.3. The van der Waals surface area contributed by atoms with Crippen LogP contribution in [0.15, 0.2) is 27.6 Å². The van der Waals surface area contributed by atoms with Crippen LogP contribution in [0.2, 0.25) is 0 Å². The standard InChI is InChI=1S/C14H20BrN3O3S.ClH/c1-9(19)17-14-6-5-11(7-12(14)15)22(20,21)18-13-4-2-3-10(13)8-16;/h5-7,10,13,18H,2-4,8,16H2,1H3,(H,17,19);1H. The van der Waals surface area contributed by atoms with Crippen molar-refractivity contribution in [3.8, 4) is 0 Å². The summed E-state index contributed by atoms with van der Waals surface area (Å²) in [6.45, 7) is 1.88. The number of amides is 1. The van der Waals surface area contributed by atoms with Crippen LogP contribution in [-0.4, -0.2) is 26.9 Å². The minimum atomic E-state index is -3.60. The molecule has 6 nitrogen and oxygen atoms in total. The highest BCUT2D eigenvalue weighted by molar-refractivity contribution is 9.10. The number of anilines is 1. The Bertz CT molecular complexity index is 669. The van der Waals surface area contributed by atoms with E-state index in [0.717, 1.165) is 19.3 Å². The molecule has 1 aliphatic carbocycles. The third kappa shape index (κ3) is 5.15. The summed E-state index contributed by atoms with van der Waals surface area (Å²) in [5.41, 5.74) is 6.22. The van der Waals surface area contributed by atoms with E-state index in [1.165, 1.54) is 19.1 Å². The van der Waals surface area contributed by atoms with Crippen LogP contribution in [0.25, 0.3) is 0 Å². The summed E-state index contributed by atoms with van der Waals surface area (Å²) in [5, 5.41) is 2.62. The molecule has 2 unspecified atom stereocenters. The van der Waals surface area contributed by atoms with Gasteiger partial charge in [-0.05, 0) is 59.4 Å². The number of benzene rings is 1. The summed E-state index contributed by atoms with van der Waals surface area (Å²) in [6, 6.07) is 4.42. The highest BCUT2D eigenvalue weighted by Gasteiger charge is 2.30. The van der Waals surface area contributed by atoms with E-state index in [4.69, 9.17) is 5.73 Å². The van der Waals surface area contributed by atoms with Crippen LogP contribution < -0.4 is 15.8 Å². The predicted molar refractivity (Wildman–Crippen MR) is 96.2 cm³/mol. The number of nitrogens with one attached hydrogen (secondary N) is 2. The molecule has 0 saturated heterocycles. The highest BCUT2D eigenvalue weighted by atomic mass is 79.9. The minimum absolute atomic E-state index is 0. The molecule has 2 rings (SSSR count). The molecule has 23 heavy (non-hydrogen) atoms. The van der Waals surface area contributed by atoms with Crippen molar-refractivity contribution in [1.29, 1.82) is 0 Å². The molecule has 9 heteroatoms. The van der Waals surface area contributed by atoms with Crippen molar-refractivity contribution in [2.75, 3.05) is 11.9 Å². The Labute approximate surface area is 151 Å². The first kappa shape index (κ1) is 20.4. The monoisotopic (exact) mass is 425 g/mol. The van der Waals surface area contributed by atoms with Crippen molar-refractivity contribution < 1.29 is 13.2 Å². The lowest BCUT2D eigenvalue weighted by Gasteiger charge is -2.19. The third-order valence-corrected chi connectivity index (χ3v) is 5.97. The van der Waals surface area contributed by atoms with E-state index in [-0.39, 0.29) is 35.2 Å². The molecule has 0 heterocycles. The zero-order valence-electron chi connectivity index (χ0n) is 12.7. The second-order valence-electron chi connectivity index (χ2n) is 5.48. The van der Waals surface area contributed by atoms with Crippen molar-refractivity contribution in [3.05, 3.63) is 22.7 Å². The maximum atomic E-state index is 12.5. The average molecular weight is 427 g/mol. The molecule has 2 atom stereocenters. The molecule has 130 valence electrons. The number of nitrogens with two attached hydrogens (primary N) is 1. The van der Waals surface area contributed by atoms with Crippen LogP contribution in [0.3, 0.4) is 0 Å². The highest BCUT2D eigenvalue weighted by Crippen LogP contribution is 2.28. The van der Waals surface area contributed by atoms with Crippen molar-refractivity contribution in [2.24, 2.45) is 11.7 Å². The molecule has 0 aromatic heterocycles. The van der Waals surface area contributed by atoms with Gasteiger partial charge in [-0.2, -0.15) is 0 Å². The summed E-state index contributed by atoms with van der Waals surface area (Å²) in [7, 11) is -3.60. The number of carbonyl (C=O) groups excluding carboxylic acids is 1. The Morgan fingerprint density at radius 2 is 2.09 bits per heavy atom. The van der Waals surface area contributed by atoms with Crippen molar-refractivity contribution in [3.63, 3.8) is 0 Å². The largest absolute Gasteiger partial charge is 0.330 e. The topological polar surface area (TPSA) is 101 Å². The van der Waals surface area contributed by atoms with E-state index >= 15 is 0 Å². The number of hydrogen-bond acceptors (Lipinski definition) is 4. The van der Waals surface area contributed by atoms with Crippen LogP contribution in [0, 0.1) is 5.92 Å². The molecule has 1 aliphatic rings. The Balaban J connectivity index is 0.00000264. The maximum Gasteiger partial charge on any atom is 0.240 e. The first-order valence-corrected chi connectivity index (χ1v) is 9.40. The summed E-state index contributed by atoms with van der Waals surface area (Å²) >= 11 is 3.28. The number of rotatable bonds is 5. The van der Waals surface area contributed by atoms with E-state index in [2.05, 4.69) is 26.0 Å². The molecule has 0 spiro atoms. The molecule has 1 aromatic rings. The van der Waals surface area contributed by atoms with Gasteiger partial charge in [0.05, 0.1) is 10.6 Å². The van der Waals surface area contributed by atoms with Crippen LogP contribution in [-0.2, 0) is 14.8 Å². The number of hydrogen-bond donors (Lipinski definition) is 3. The molecule has 1 fully saturated rings. The Morgan fingerprint density at radius 1 is 1.39 bits per heavy atom. The summed E-state index contributed by atoms with van der Waals surface area (Å²) in [5.74, 6) is -0.0250. The first-order chi connectivity index (χ1) is 10.3. The van der Waals surface area contributed by atoms with Crippen molar-refractivity contribution in [1.82, 2.24) is 4.72 Å². The van der Waals surface area contributed by atoms with E-state index in [0.29, 0.717) is 16.7 Å². The minimum Gasteiger partial charge on any atom is -0.330 e. The van der Waals surface area contributed by atoms with E-state index < -0.39 is 10.0 Å².